The molecule has 0 aromatic carbocycles. The number of ether oxygens (including phenoxy) is 2. The third-order valence-corrected chi connectivity index (χ3v) is 2.08. The third-order valence-electron chi connectivity index (χ3n) is 2.08. The molecule has 0 saturated heterocycles. The summed E-state index contributed by atoms with van der Waals surface area (Å²) in [6, 6.07) is 0.128. The second-order valence-corrected chi connectivity index (χ2v) is 3.82. The third kappa shape index (κ3) is 6.32. The molecule has 0 aliphatic carbocycles. The predicted octanol–water partition coefficient (Wildman–Crippen LogP) is 0.602. The molecule has 0 rings (SSSR count). The first kappa shape index (κ1) is 13.8. The summed E-state index contributed by atoms with van der Waals surface area (Å²) >= 11 is 0. The fourth-order valence-electron chi connectivity index (χ4n) is 1.32. The van der Waals surface area contributed by atoms with E-state index in [-0.39, 0.29) is 18.9 Å². The van der Waals surface area contributed by atoms with E-state index in [0.29, 0.717) is 12.5 Å². The summed E-state index contributed by atoms with van der Waals surface area (Å²) in [4.78, 5) is 0. The van der Waals surface area contributed by atoms with Crippen molar-refractivity contribution in [2.24, 2.45) is 5.92 Å². The van der Waals surface area contributed by atoms with Gasteiger partial charge in [-0.25, -0.2) is 0 Å². The first-order chi connectivity index (χ1) is 6.63. The second-order valence-electron chi connectivity index (χ2n) is 3.82. The number of aliphatic hydroxyl groups excluding tert-OH is 1. The summed E-state index contributed by atoms with van der Waals surface area (Å²) in [6.07, 6.45) is 0.715. The monoisotopic (exact) mass is 205 g/mol. The van der Waals surface area contributed by atoms with E-state index in [9.17, 15) is 0 Å². The van der Waals surface area contributed by atoms with E-state index in [4.69, 9.17) is 14.6 Å². The van der Waals surface area contributed by atoms with Crippen LogP contribution in [0.2, 0.25) is 0 Å². The summed E-state index contributed by atoms with van der Waals surface area (Å²) in [5, 5.41) is 12.3. The second kappa shape index (κ2) is 8.17. The number of methoxy groups -OCH3 is 2. The molecule has 14 heavy (non-hydrogen) atoms. The molecule has 1 atom stereocenters. The smallest absolute Gasteiger partial charge is 0.169 e. The van der Waals surface area contributed by atoms with Crippen molar-refractivity contribution in [2.45, 2.75) is 32.6 Å². The number of nitrogens with one attached hydrogen (secondary N) is 1. The SMILES string of the molecule is COC(CNC(CO)CC(C)C)OC. The maximum Gasteiger partial charge on any atom is 0.169 e. The van der Waals surface area contributed by atoms with Gasteiger partial charge in [0, 0.05) is 26.8 Å². The van der Waals surface area contributed by atoms with Crippen LogP contribution < -0.4 is 5.32 Å². The van der Waals surface area contributed by atoms with Crippen LogP contribution in [0.25, 0.3) is 0 Å². The highest BCUT2D eigenvalue weighted by atomic mass is 16.7. The minimum atomic E-state index is -0.240. The molecule has 0 radical (unpaired) electrons. The van der Waals surface area contributed by atoms with Crippen LogP contribution in [0.15, 0.2) is 0 Å². The molecule has 0 aliphatic rings. The normalized spacial score (nSPS) is 13.9. The lowest BCUT2D eigenvalue weighted by molar-refractivity contribution is -0.101. The van der Waals surface area contributed by atoms with Gasteiger partial charge in [0.1, 0.15) is 0 Å². The number of hydrogen-bond donors (Lipinski definition) is 2. The van der Waals surface area contributed by atoms with Gasteiger partial charge in [-0.05, 0) is 12.3 Å². The van der Waals surface area contributed by atoms with Crippen molar-refractivity contribution in [1.29, 1.82) is 0 Å². The first-order valence-electron chi connectivity index (χ1n) is 5.03. The van der Waals surface area contributed by atoms with Gasteiger partial charge in [0.15, 0.2) is 6.29 Å². The van der Waals surface area contributed by atoms with Crippen molar-refractivity contribution in [3.05, 3.63) is 0 Å². The maximum absolute atomic E-state index is 9.09. The zero-order chi connectivity index (χ0) is 11.0. The molecular formula is C10H23NO3. The number of aliphatic hydroxyl groups is 1. The zero-order valence-electron chi connectivity index (χ0n) is 9.62. The molecule has 0 saturated carbocycles. The fourth-order valence-corrected chi connectivity index (χ4v) is 1.32. The molecule has 86 valence electrons. The Bertz CT molecular complexity index is 127. The fraction of sp³-hybridized carbons (Fsp3) is 1.00. The summed E-state index contributed by atoms with van der Waals surface area (Å²) in [5.41, 5.74) is 0. The van der Waals surface area contributed by atoms with E-state index in [1.165, 1.54) is 0 Å². The van der Waals surface area contributed by atoms with Crippen molar-refractivity contribution >= 4 is 0 Å². The van der Waals surface area contributed by atoms with Crippen molar-refractivity contribution in [1.82, 2.24) is 5.32 Å². The molecule has 2 N–H and O–H groups in total. The first-order valence-corrected chi connectivity index (χ1v) is 5.03. The van der Waals surface area contributed by atoms with Gasteiger partial charge in [0.05, 0.1) is 6.61 Å². The minimum Gasteiger partial charge on any atom is -0.395 e. The van der Waals surface area contributed by atoms with Gasteiger partial charge in [0.2, 0.25) is 0 Å². The van der Waals surface area contributed by atoms with Crippen LogP contribution in [-0.2, 0) is 9.47 Å². The van der Waals surface area contributed by atoms with Crippen LogP contribution in [0, 0.1) is 5.92 Å². The molecule has 0 amide bonds. The average Bonchev–Trinajstić information content (AvgIpc) is 2.17. The Morgan fingerprint density at radius 3 is 2.14 bits per heavy atom. The molecular weight excluding hydrogens is 182 g/mol. The van der Waals surface area contributed by atoms with Gasteiger partial charge in [-0.3, -0.25) is 0 Å². The summed E-state index contributed by atoms with van der Waals surface area (Å²) in [6.45, 7) is 5.02. The minimum absolute atomic E-state index is 0.128. The lowest BCUT2D eigenvalue weighted by Crippen LogP contribution is -2.40. The van der Waals surface area contributed by atoms with Gasteiger partial charge in [-0.2, -0.15) is 0 Å². The molecule has 0 spiro atoms. The van der Waals surface area contributed by atoms with E-state index in [0.717, 1.165) is 6.42 Å². The van der Waals surface area contributed by atoms with E-state index in [2.05, 4.69) is 19.2 Å². The van der Waals surface area contributed by atoms with E-state index < -0.39 is 0 Å². The molecule has 0 aromatic heterocycles. The summed E-state index contributed by atoms with van der Waals surface area (Å²) in [7, 11) is 3.21. The van der Waals surface area contributed by atoms with Crippen LogP contribution in [0.4, 0.5) is 0 Å². The van der Waals surface area contributed by atoms with Crippen molar-refractivity contribution in [3.8, 4) is 0 Å². The molecule has 0 aliphatic heterocycles. The van der Waals surface area contributed by atoms with Crippen LogP contribution >= 0.6 is 0 Å². The molecule has 4 heteroatoms. The van der Waals surface area contributed by atoms with Crippen molar-refractivity contribution in [2.75, 3.05) is 27.4 Å². The highest BCUT2D eigenvalue weighted by molar-refractivity contribution is 4.67. The predicted molar refractivity (Wildman–Crippen MR) is 56.1 cm³/mol. The van der Waals surface area contributed by atoms with Gasteiger partial charge in [0.25, 0.3) is 0 Å². The topological polar surface area (TPSA) is 50.7 Å². The maximum atomic E-state index is 9.09. The van der Waals surface area contributed by atoms with E-state index in [1.807, 2.05) is 0 Å². The Morgan fingerprint density at radius 1 is 1.21 bits per heavy atom. The van der Waals surface area contributed by atoms with Crippen LogP contribution in [-0.4, -0.2) is 44.8 Å². The van der Waals surface area contributed by atoms with Gasteiger partial charge < -0.3 is 19.9 Å². The summed E-state index contributed by atoms with van der Waals surface area (Å²) < 4.78 is 10.1. The Morgan fingerprint density at radius 2 is 1.79 bits per heavy atom. The molecule has 1 unspecified atom stereocenters. The van der Waals surface area contributed by atoms with Crippen molar-refractivity contribution in [3.63, 3.8) is 0 Å². The molecule has 0 bridgehead atoms. The Balaban J connectivity index is 3.70. The van der Waals surface area contributed by atoms with E-state index >= 15 is 0 Å². The van der Waals surface area contributed by atoms with Gasteiger partial charge in [-0.1, -0.05) is 13.8 Å². The molecule has 0 heterocycles. The molecule has 4 nitrogen and oxygen atoms in total. The number of hydrogen-bond acceptors (Lipinski definition) is 4. The van der Waals surface area contributed by atoms with Crippen LogP contribution in [0.5, 0.6) is 0 Å². The zero-order valence-corrected chi connectivity index (χ0v) is 9.62. The average molecular weight is 205 g/mol. The quantitative estimate of drug-likeness (QED) is 0.570. The van der Waals surface area contributed by atoms with Gasteiger partial charge in [-0.15, -0.1) is 0 Å². The standard InChI is InChI=1S/C10H23NO3/c1-8(2)5-9(7-12)11-6-10(13-3)14-4/h8-12H,5-7H2,1-4H3. The van der Waals surface area contributed by atoms with Crippen molar-refractivity contribution < 1.29 is 14.6 Å². The van der Waals surface area contributed by atoms with E-state index in [1.54, 1.807) is 14.2 Å². The van der Waals surface area contributed by atoms with Crippen LogP contribution in [0.1, 0.15) is 20.3 Å². The molecule has 0 fully saturated rings. The summed E-state index contributed by atoms with van der Waals surface area (Å²) in [5.74, 6) is 0.572. The van der Waals surface area contributed by atoms with Gasteiger partial charge >= 0.3 is 0 Å². The lowest BCUT2D eigenvalue weighted by atomic mass is 10.0. The molecule has 0 aromatic rings. The Labute approximate surface area is 86.6 Å². The highest BCUT2D eigenvalue weighted by Gasteiger charge is 2.12. The largest absolute Gasteiger partial charge is 0.395 e. The lowest BCUT2D eigenvalue weighted by Gasteiger charge is -2.21. The highest BCUT2D eigenvalue weighted by Crippen LogP contribution is 2.04. The van der Waals surface area contributed by atoms with Crippen LogP contribution in [0.3, 0.4) is 0 Å². The number of rotatable bonds is 8. The Kier molecular flexibility index (Phi) is 8.08. The Hall–Kier alpha value is -0.160.